The largest absolute Gasteiger partial charge is 0.494 e. The number of rotatable bonds is 6. The summed E-state index contributed by atoms with van der Waals surface area (Å²) in [6.07, 6.45) is 0.775. The summed E-state index contributed by atoms with van der Waals surface area (Å²) in [6, 6.07) is 6.38. The van der Waals surface area contributed by atoms with E-state index in [1.54, 1.807) is 12.1 Å². The molecule has 1 N–H and O–H groups in total. The van der Waals surface area contributed by atoms with Crippen molar-refractivity contribution in [2.45, 2.75) is 6.42 Å². The molecule has 0 bridgehead atoms. The van der Waals surface area contributed by atoms with Crippen LogP contribution in [0.3, 0.4) is 0 Å². The van der Waals surface area contributed by atoms with E-state index in [-0.39, 0.29) is 17.1 Å². The minimum Gasteiger partial charge on any atom is -0.494 e. The highest BCUT2D eigenvalue weighted by atomic mass is 32.2. The zero-order valence-electron chi connectivity index (χ0n) is 11.7. The first-order valence-corrected chi connectivity index (χ1v) is 8.67. The number of carbonyl (C=O) groups is 1. The van der Waals surface area contributed by atoms with Gasteiger partial charge in [0.25, 0.3) is 0 Å². The zero-order valence-corrected chi connectivity index (χ0v) is 12.5. The van der Waals surface area contributed by atoms with Crippen molar-refractivity contribution in [3.63, 3.8) is 0 Å². The number of nitrogens with zero attached hydrogens (tertiary/aromatic N) is 1. The molecule has 1 aromatic carbocycles. The van der Waals surface area contributed by atoms with Gasteiger partial charge < -0.3 is 14.7 Å². The molecule has 1 fully saturated rings. The molecule has 116 valence electrons. The van der Waals surface area contributed by atoms with Crippen LogP contribution in [-0.4, -0.2) is 62.1 Å². The third-order valence-corrected chi connectivity index (χ3v) is 5.01. The second kappa shape index (κ2) is 6.91. The molecule has 1 saturated heterocycles. The van der Waals surface area contributed by atoms with Crippen LogP contribution < -0.4 is 4.74 Å². The molecule has 1 aliphatic rings. The monoisotopic (exact) mass is 313 g/mol. The van der Waals surface area contributed by atoms with Crippen molar-refractivity contribution in [3.05, 3.63) is 29.8 Å². The van der Waals surface area contributed by atoms with E-state index < -0.39 is 15.8 Å². The fraction of sp³-hybridized carbons (Fsp3) is 0.500. The van der Waals surface area contributed by atoms with Gasteiger partial charge in [0.15, 0.2) is 9.84 Å². The van der Waals surface area contributed by atoms with Gasteiger partial charge in [-0.25, -0.2) is 13.2 Å². The number of sulfone groups is 1. The van der Waals surface area contributed by atoms with Gasteiger partial charge in [0.2, 0.25) is 0 Å². The summed E-state index contributed by atoms with van der Waals surface area (Å²) in [5.74, 6) is 0.0225. The van der Waals surface area contributed by atoms with Crippen molar-refractivity contribution in [2.75, 3.05) is 37.7 Å². The molecular weight excluding hydrogens is 294 g/mol. The molecule has 6 nitrogen and oxygen atoms in total. The Morgan fingerprint density at radius 2 is 2.00 bits per heavy atom. The van der Waals surface area contributed by atoms with Crippen molar-refractivity contribution < 1.29 is 23.1 Å². The van der Waals surface area contributed by atoms with E-state index >= 15 is 0 Å². The van der Waals surface area contributed by atoms with Crippen LogP contribution in [0.4, 0.5) is 0 Å². The number of aromatic carboxylic acids is 1. The molecule has 0 aliphatic carbocycles. The first-order chi connectivity index (χ1) is 9.96. The molecule has 21 heavy (non-hydrogen) atoms. The van der Waals surface area contributed by atoms with Gasteiger partial charge in [-0.05, 0) is 24.6 Å². The highest BCUT2D eigenvalue weighted by molar-refractivity contribution is 7.91. The van der Waals surface area contributed by atoms with Crippen LogP contribution in [0.15, 0.2) is 24.3 Å². The molecule has 0 spiro atoms. The average Bonchev–Trinajstić information content (AvgIpc) is 2.45. The lowest BCUT2D eigenvalue weighted by atomic mass is 10.2. The van der Waals surface area contributed by atoms with Gasteiger partial charge in [-0.2, -0.15) is 0 Å². The van der Waals surface area contributed by atoms with Crippen LogP contribution in [0, 0.1) is 0 Å². The predicted octanol–water partition coefficient (Wildman–Crippen LogP) is 0.884. The fourth-order valence-electron chi connectivity index (χ4n) is 2.17. The second-order valence-electron chi connectivity index (χ2n) is 5.03. The third kappa shape index (κ3) is 5.02. The van der Waals surface area contributed by atoms with Gasteiger partial charge in [0.1, 0.15) is 5.75 Å². The Balaban J connectivity index is 1.70. The van der Waals surface area contributed by atoms with E-state index in [1.807, 2.05) is 0 Å². The Morgan fingerprint density at radius 1 is 1.29 bits per heavy atom. The van der Waals surface area contributed by atoms with E-state index in [9.17, 15) is 13.2 Å². The number of ether oxygens (including phenoxy) is 1. The lowest BCUT2D eigenvalue weighted by Crippen LogP contribution is -2.40. The topological polar surface area (TPSA) is 83.9 Å². The quantitative estimate of drug-likeness (QED) is 0.785. The van der Waals surface area contributed by atoms with E-state index in [4.69, 9.17) is 9.84 Å². The maximum absolute atomic E-state index is 11.3. The van der Waals surface area contributed by atoms with Gasteiger partial charge in [-0.15, -0.1) is 0 Å². The maximum atomic E-state index is 11.3. The van der Waals surface area contributed by atoms with Crippen molar-refractivity contribution in [1.82, 2.24) is 4.90 Å². The predicted molar refractivity (Wildman–Crippen MR) is 78.6 cm³/mol. The van der Waals surface area contributed by atoms with Crippen LogP contribution in [0.2, 0.25) is 0 Å². The van der Waals surface area contributed by atoms with Crippen LogP contribution >= 0.6 is 0 Å². The molecule has 7 heteroatoms. The van der Waals surface area contributed by atoms with Crippen molar-refractivity contribution in [2.24, 2.45) is 0 Å². The Kier molecular flexibility index (Phi) is 5.19. The summed E-state index contributed by atoms with van der Waals surface area (Å²) < 4.78 is 28.1. The number of hydrogen-bond acceptors (Lipinski definition) is 5. The molecule has 1 aliphatic heterocycles. The van der Waals surface area contributed by atoms with Crippen molar-refractivity contribution in [3.8, 4) is 5.75 Å². The summed E-state index contributed by atoms with van der Waals surface area (Å²) in [4.78, 5) is 12.9. The summed E-state index contributed by atoms with van der Waals surface area (Å²) in [7, 11) is -2.83. The Bertz CT molecular complexity index is 585. The number of benzene rings is 1. The lowest BCUT2D eigenvalue weighted by Gasteiger charge is -2.26. The molecule has 0 radical (unpaired) electrons. The lowest BCUT2D eigenvalue weighted by molar-refractivity contribution is 0.0696. The summed E-state index contributed by atoms with van der Waals surface area (Å²) in [5, 5.41) is 8.88. The van der Waals surface area contributed by atoms with E-state index in [0.717, 1.165) is 13.0 Å². The molecule has 1 aromatic rings. The number of carboxylic acids is 1. The summed E-state index contributed by atoms with van der Waals surface area (Å²) >= 11 is 0. The van der Waals surface area contributed by atoms with Crippen LogP contribution in [0.5, 0.6) is 5.75 Å². The minimum absolute atomic E-state index is 0.203. The first kappa shape index (κ1) is 15.8. The number of carboxylic acid groups (broad SMARTS) is 1. The van der Waals surface area contributed by atoms with Crippen LogP contribution in [0.25, 0.3) is 0 Å². The normalized spacial score (nSPS) is 18.3. The molecule has 0 saturated carbocycles. The maximum Gasteiger partial charge on any atom is 0.335 e. The molecule has 0 amide bonds. The third-order valence-electron chi connectivity index (χ3n) is 3.41. The van der Waals surface area contributed by atoms with E-state index in [1.165, 1.54) is 12.1 Å². The van der Waals surface area contributed by atoms with E-state index in [0.29, 0.717) is 25.4 Å². The van der Waals surface area contributed by atoms with Gasteiger partial charge in [-0.3, -0.25) is 0 Å². The second-order valence-corrected chi connectivity index (χ2v) is 7.33. The first-order valence-electron chi connectivity index (χ1n) is 6.85. The van der Waals surface area contributed by atoms with Crippen molar-refractivity contribution >= 4 is 15.8 Å². The van der Waals surface area contributed by atoms with Gasteiger partial charge >= 0.3 is 5.97 Å². The molecular formula is C14H19NO5S. The summed E-state index contributed by atoms with van der Waals surface area (Å²) in [6.45, 7) is 2.42. The Morgan fingerprint density at radius 3 is 2.67 bits per heavy atom. The highest BCUT2D eigenvalue weighted by Crippen LogP contribution is 2.13. The van der Waals surface area contributed by atoms with E-state index in [2.05, 4.69) is 4.90 Å². The molecule has 0 unspecified atom stereocenters. The molecule has 2 rings (SSSR count). The molecule has 0 atom stereocenters. The van der Waals surface area contributed by atoms with Gasteiger partial charge in [-0.1, -0.05) is 6.07 Å². The van der Waals surface area contributed by atoms with Gasteiger partial charge in [0, 0.05) is 19.6 Å². The summed E-state index contributed by atoms with van der Waals surface area (Å²) in [5.41, 5.74) is 0.203. The van der Waals surface area contributed by atoms with Crippen LogP contribution in [0.1, 0.15) is 16.8 Å². The Hall–Kier alpha value is -1.60. The molecule has 0 aromatic heterocycles. The average molecular weight is 313 g/mol. The highest BCUT2D eigenvalue weighted by Gasteiger charge is 2.20. The fourth-order valence-corrected chi connectivity index (χ4v) is 3.45. The van der Waals surface area contributed by atoms with Crippen LogP contribution in [-0.2, 0) is 9.84 Å². The standard InChI is InChI=1S/C14H19NO5S/c16-14(17)12-3-1-4-13(11-12)20-8-2-5-15-6-9-21(18,19)10-7-15/h1,3-4,11H,2,5-10H2,(H,16,17). The van der Waals surface area contributed by atoms with Crippen molar-refractivity contribution in [1.29, 1.82) is 0 Å². The molecule has 1 heterocycles. The SMILES string of the molecule is O=C(O)c1cccc(OCCCN2CCS(=O)(=O)CC2)c1. The zero-order chi connectivity index (χ0) is 15.3. The Labute approximate surface area is 124 Å². The number of hydrogen-bond donors (Lipinski definition) is 1. The minimum atomic E-state index is -2.83. The smallest absolute Gasteiger partial charge is 0.335 e. The van der Waals surface area contributed by atoms with Gasteiger partial charge in [0.05, 0.1) is 23.7 Å².